The SMILES string of the molecule is COOSN1CCC(C2c3ccc(Cl)cc3C=C(CCCO)c3cccnc32)CC1. The lowest BCUT2D eigenvalue weighted by atomic mass is 9.76. The van der Waals surface area contributed by atoms with E-state index in [1.54, 1.807) is 0 Å². The van der Waals surface area contributed by atoms with Gasteiger partial charge in [0.05, 0.1) is 12.8 Å². The first kappa shape index (κ1) is 21.8. The summed E-state index contributed by atoms with van der Waals surface area (Å²) in [5.74, 6) is 0.690. The number of piperidine rings is 1. The zero-order valence-electron chi connectivity index (χ0n) is 17.1. The van der Waals surface area contributed by atoms with Gasteiger partial charge in [-0.2, -0.15) is 0 Å². The van der Waals surface area contributed by atoms with Gasteiger partial charge in [-0.05, 0) is 72.1 Å². The van der Waals surface area contributed by atoms with E-state index >= 15 is 0 Å². The van der Waals surface area contributed by atoms with Crippen molar-refractivity contribution in [2.75, 3.05) is 26.8 Å². The number of hydrogen-bond acceptors (Lipinski definition) is 6. The molecular formula is C23H27ClN2O3S. The molecule has 0 spiro atoms. The number of benzene rings is 1. The third-order valence-electron chi connectivity index (χ3n) is 5.97. The Balaban J connectivity index is 1.71. The van der Waals surface area contributed by atoms with E-state index in [1.807, 2.05) is 18.3 Å². The van der Waals surface area contributed by atoms with Crippen LogP contribution >= 0.6 is 23.8 Å². The molecule has 1 aliphatic heterocycles. The van der Waals surface area contributed by atoms with Crippen molar-refractivity contribution in [2.24, 2.45) is 5.92 Å². The second-order valence-corrected chi connectivity index (χ2v) is 9.00. The molecule has 30 heavy (non-hydrogen) atoms. The summed E-state index contributed by atoms with van der Waals surface area (Å²) in [5.41, 5.74) is 6.01. The number of aliphatic hydroxyl groups is 1. The number of hydrogen-bond donors (Lipinski definition) is 1. The second kappa shape index (κ2) is 10.3. The molecule has 1 N–H and O–H groups in total. The van der Waals surface area contributed by atoms with E-state index in [0.29, 0.717) is 5.92 Å². The molecule has 1 aromatic carbocycles. The Kier molecular flexibility index (Phi) is 7.46. The second-order valence-electron chi connectivity index (χ2n) is 7.76. The van der Waals surface area contributed by atoms with Crippen LogP contribution in [0.4, 0.5) is 0 Å². The molecular weight excluding hydrogens is 420 g/mol. The van der Waals surface area contributed by atoms with E-state index in [4.69, 9.17) is 25.8 Å². The number of halogens is 1. The lowest BCUT2D eigenvalue weighted by Gasteiger charge is -2.35. The molecule has 2 heterocycles. The lowest BCUT2D eigenvalue weighted by Crippen LogP contribution is -2.32. The zero-order valence-corrected chi connectivity index (χ0v) is 18.7. The Labute approximate surface area is 187 Å². The van der Waals surface area contributed by atoms with Crippen LogP contribution in [0.15, 0.2) is 36.5 Å². The summed E-state index contributed by atoms with van der Waals surface area (Å²) in [6.45, 7) is 2.05. The fraction of sp³-hybridized carbons (Fsp3) is 0.435. The standard InChI is InChI=1S/C23H27ClN2O3S/c1-28-29-30-26-11-8-16(9-12-26)22-20-7-6-19(24)15-18(20)14-17(4-3-13-27)21-5-2-10-25-23(21)22/h2,5-7,10,14-16,22,27H,3-4,8-9,11-13H2,1H3. The lowest BCUT2D eigenvalue weighted by molar-refractivity contribution is -0.163. The smallest absolute Gasteiger partial charge is 0.121 e. The molecule has 0 amide bonds. The summed E-state index contributed by atoms with van der Waals surface area (Å²) >= 11 is 7.65. The zero-order chi connectivity index (χ0) is 20.9. The van der Waals surface area contributed by atoms with Crippen LogP contribution in [0.2, 0.25) is 5.02 Å². The first-order chi connectivity index (χ1) is 14.7. The maximum absolute atomic E-state index is 9.41. The van der Waals surface area contributed by atoms with Crippen LogP contribution in [-0.4, -0.2) is 41.2 Å². The summed E-state index contributed by atoms with van der Waals surface area (Å²) in [4.78, 5) is 9.61. The van der Waals surface area contributed by atoms with E-state index in [1.165, 1.54) is 36.0 Å². The van der Waals surface area contributed by atoms with Gasteiger partial charge in [0.1, 0.15) is 12.2 Å². The molecule has 4 rings (SSSR count). The van der Waals surface area contributed by atoms with Crippen molar-refractivity contribution >= 4 is 35.5 Å². The number of pyridine rings is 1. The largest absolute Gasteiger partial charge is 0.396 e. The molecule has 7 heteroatoms. The Morgan fingerprint density at radius 2 is 2.10 bits per heavy atom. The average Bonchev–Trinajstić information content (AvgIpc) is 2.91. The van der Waals surface area contributed by atoms with Gasteiger partial charge < -0.3 is 5.11 Å². The Morgan fingerprint density at radius 1 is 1.27 bits per heavy atom. The van der Waals surface area contributed by atoms with E-state index in [0.717, 1.165) is 55.1 Å². The van der Waals surface area contributed by atoms with Gasteiger partial charge in [0.25, 0.3) is 0 Å². The predicted molar refractivity (Wildman–Crippen MR) is 122 cm³/mol. The summed E-state index contributed by atoms with van der Waals surface area (Å²) in [6, 6.07) is 10.4. The highest BCUT2D eigenvalue weighted by Gasteiger charge is 2.34. The van der Waals surface area contributed by atoms with Crippen molar-refractivity contribution in [3.63, 3.8) is 0 Å². The molecule has 1 fully saturated rings. The minimum absolute atomic E-state index is 0.179. The van der Waals surface area contributed by atoms with Gasteiger partial charge in [-0.1, -0.05) is 29.8 Å². The van der Waals surface area contributed by atoms with Gasteiger partial charge >= 0.3 is 0 Å². The number of allylic oxidation sites excluding steroid dienone is 1. The molecule has 1 atom stereocenters. The number of nitrogens with zero attached hydrogens (tertiary/aromatic N) is 2. The van der Waals surface area contributed by atoms with Gasteiger partial charge in [-0.15, -0.1) is 4.33 Å². The van der Waals surface area contributed by atoms with Gasteiger partial charge in [-0.25, -0.2) is 9.19 Å². The van der Waals surface area contributed by atoms with Crippen molar-refractivity contribution in [1.82, 2.24) is 9.29 Å². The summed E-state index contributed by atoms with van der Waals surface area (Å²) in [7, 11) is 1.53. The van der Waals surface area contributed by atoms with Crippen LogP contribution in [0.3, 0.4) is 0 Å². The van der Waals surface area contributed by atoms with E-state index < -0.39 is 0 Å². The molecule has 0 radical (unpaired) electrons. The molecule has 2 aliphatic rings. The molecule has 2 aromatic rings. The minimum Gasteiger partial charge on any atom is -0.396 e. The molecule has 1 saturated heterocycles. The molecule has 160 valence electrons. The molecule has 0 bridgehead atoms. The fourth-order valence-electron chi connectivity index (χ4n) is 4.61. The first-order valence-electron chi connectivity index (χ1n) is 10.4. The highest BCUT2D eigenvalue weighted by molar-refractivity contribution is 7.92. The van der Waals surface area contributed by atoms with E-state index in [2.05, 4.69) is 28.6 Å². The quantitative estimate of drug-likeness (QED) is 0.268. The Hall–Kier alpha value is -1.41. The van der Waals surface area contributed by atoms with Crippen LogP contribution in [0.1, 0.15) is 54.0 Å². The Bertz CT molecular complexity index is 900. The first-order valence-corrected chi connectivity index (χ1v) is 11.5. The van der Waals surface area contributed by atoms with Crippen molar-refractivity contribution in [1.29, 1.82) is 0 Å². The van der Waals surface area contributed by atoms with Gasteiger partial charge in [0.15, 0.2) is 0 Å². The molecule has 5 nitrogen and oxygen atoms in total. The van der Waals surface area contributed by atoms with Crippen molar-refractivity contribution in [3.8, 4) is 0 Å². The van der Waals surface area contributed by atoms with Crippen LogP contribution in [0.5, 0.6) is 0 Å². The van der Waals surface area contributed by atoms with Crippen molar-refractivity contribution in [3.05, 3.63) is 63.9 Å². The topological polar surface area (TPSA) is 54.8 Å². The minimum atomic E-state index is 0.179. The third kappa shape index (κ3) is 4.74. The maximum atomic E-state index is 9.41. The number of aromatic nitrogens is 1. The highest BCUT2D eigenvalue weighted by atomic mass is 35.5. The fourth-order valence-corrected chi connectivity index (χ4v) is 5.30. The van der Waals surface area contributed by atoms with Crippen LogP contribution < -0.4 is 0 Å². The molecule has 0 saturated carbocycles. The normalized spacial score (nSPS) is 19.7. The number of rotatable bonds is 7. The number of fused-ring (bicyclic) bond motifs is 2. The maximum Gasteiger partial charge on any atom is 0.121 e. The van der Waals surface area contributed by atoms with Crippen molar-refractivity contribution < 1.29 is 14.3 Å². The van der Waals surface area contributed by atoms with Crippen LogP contribution in [0, 0.1) is 5.92 Å². The highest BCUT2D eigenvalue weighted by Crippen LogP contribution is 2.45. The monoisotopic (exact) mass is 446 g/mol. The van der Waals surface area contributed by atoms with Gasteiger partial charge in [0, 0.05) is 36.8 Å². The van der Waals surface area contributed by atoms with Crippen molar-refractivity contribution in [2.45, 2.75) is 31.6 Å². The summed E-state index contributed by atoms with van der Waals surface area (Å²) < 4.78 is 7.24. The summed E-state index contributed by atoms with van der Waals surface area (Å²) in [6.07, 6.45) is 7.79. The predicted octanol–water partition coefficient (Wildman–Crippen LogP) is 5.35. The van der Waals surface area contributed by atoms with E-state index in [9.17, 15) is 5.11 Å². The molecule has 1 unspecified atom stereocenters. The Morgan fingerprint density at radius 3 is 2.87 bits per heavy atom. The average molecular weight is 447 g/mol. The van der Waals surface area contributed by atoms with Crippen LogP contribution in [-0.2, 0) is 9.22 Å². The van der Waals surface area contributed by atoms with E-state index in [-0.39, 0.29) is 12.5 Å². The van der Waals surface area contributed by atoms with Gasteiger partial charge in [0.2, 0.25) is 0 Å². The van der Waals surface area contributed by atoms with Crippen LogP contribution in [0.25, 0.3) is 11.6 Å². The molecule has 1 aliphatic carbocycles. The third-order valence-corrected chi connectivity index (χ3v) is 6.98. The summed E-state index contributed by atoms with van der Waals surface area (Å²) in [5, 5.41) is 10.1. The van der Waals surface area contributed by atoms with Gasteiger partial charge in [-0.3, -0.25) is 4.98 Å². The molecule has 1 aromatic heterocycles. The number of aliphatic hydroxyl groups excluding tert-OH is 1.